The number of carboxylic acid groups (broad SMARTS) is 1. The summed E-state index contributed by atoms with van der Waals surface area (Å²) >= 11 is 0. The van der Waals surface area contributed by atoms with Crippen molar-refractivity contribution in [3.63, 3.8) is 0 Å². The maximum absolute atomic E-state index is 12.6. The molecule has 0 aliphatic carbocycles. The molecule has 7 nitrogen and oxygen atoms in total. The van der Waals surface area contributed by atoms with Crippen LogP contribution in [0.15, 0.2) is 64.6 Å². The predicted molar refractivity (Wildman–Crippen MR) is 108 cm³/mol. The van der Waals surface area contributed by atoms with Gasteiger partial charge in [-0.1, -0.05) is 30.3 Å². The zero-order valence-electron chi connectivity index (χ0n) is 15.5. The van der Waals surface area contributed by atoms with E-state index in [1.54, 1.807) is 42.7 Å². The lowest BCUT2D eigenvalue weighted by molar-refractivity contribution is -0.138. The average Bonchev–Trinajstić information content (AvgIpc) is 3.14. The van der Waals surface area contributed by atoms with Crippen LogP contribution in [0.3, 0.4) is 0 Å². The number of nitrogens with zero attached hydrogens (tertiary/aromatic N) is 2. The number of nitrogens with one attached hydrogen (secondary N) is 1. The fraction of sp³-hybridized carbons (Fsp3) is 0.250. The quantitative estimate of drug-likeness (QED) is 0.777. The number of para-hydroxylation sites is 1. The minimum atomic E-state index is -1.06. The third kappa shape index (κ3) is 4.28. The Balaban J connectivity index is 1.74. The molecule has 0 saturated heterocycles. The van der Waals surface area contributed by atoms with Gasteiger partial charge in [-0.2, -0.15) is 5.10 Å². The summed E-state index contributed by atoms with van der Waals surface area (Å²) in [5.41, 5.74) is 1.65. The van der Waals surface area contributed by atoms with Crippen LogP contribution < -0.4 is 10.3 Å². The Morgan fingerprint density at radius 3 is 2.39 bits per heavy atom. The molecule has 3 rings (SSSR count). The van der Waals surface area contributed by atoms with Crippen LogP contribution in [0.4, 0.5) is 5.69 Å². The fourth-order valence-electron chi connectivity index (χ4n) is 2.97. The fourth-order valence-corrected chi connectivity index (χ4v) is 3.49. The van der Waals surface area contributed by atoms with Crippen molar-refractivity contribution in [2.75, 3.05) is 11.3 Å². The van der Waals surface area contributed by atoms with E-state index < -0.39 is 28.7 Å². The van der Waals surface area contributed by atoms with Crippen molar-refractivity contribution in [2.24, 2.45) is 5.10 Å². The van der Waals surface area contributed by atoms with Crippen LogP contribution in [0.1, 0.15) is 24.9 Å². The number of benzene rings is 2. The maximum Gasteiger partial charge on any atom is 0.328 e. The summed E-state index contributed by atoms with van der Waals surface area (Å²) in [6, 6.07) is 14.8. The van der Waals surface area contributed by atoms with E-state index in [1.165, 1.54) is 5.01 Å². The predicted octanol–water partition coefficient (Wildman–Crippen LogP) is 2.32. The van der Waals surface area contributed by atoms with Crippen molar-refractivity contribution in [2.45, 2.75) is 30.3 Å². The van der Waals surface area contributed by atoms with Crippen molar-refractivity contribution < 1.29 is 18.9 Å². The minimum Gasteiger partial charge on any atom is -0.480 e. The molecule has 0 bridgehead atoms. The Morgan fingerprint density at radius 2 is 1.82 bits per heavy atom. The van der Waals surface area contributed by atoms with Gasteiger partial charge in [0.05, 0.1) is 11.7 Å². The molecule has 1 aliphatic heterocycles. The first-order chi connectivity index (χ1) is 13.4. The second kappa shape index (κ2) is 8.35. The Morgan fingerprint density at radius 1 is 1.18 bits per heavy atom. The highest BCUT2D eigenvalue weighted by atomic mass is 32.2. The molecule has 3 atom stereocenters. The third-order valence-corrected chi connectivity index (χ3v) is 5.47. The van der Waals surface area contributed by atoms with Crippen LogP contribution in [0.2, 0.25) is 0 Å². The third-order valence-electron chi connectivity index (χ3n) is 4.54. The van der Waals surface area contributed by atoms with Gasteiger partial charge in [0.25, 0.3) is 5.91 Å². The molecule has 2 N–H and O–H groups in total. The summed E-state index contributed by atoms with van der Waals surface area (Å²) in [4.78, 5) is 25.0. The topological polar surface area (TPSA) is 99.1 Å². The van der Waals surface area contributed by atoms with Gasteiger partial charge in [-0.3, -0.25) is 14.0 Å². The van der Waals surface area contributed by atoms with Crippen molar-refractivity contribution in [3.8, 4) is 0 Å². The molecule has 0 fully saturated rings. The Labute approximate surface area is 165 Å². The maximum atomic E-state index is 12.6. The summed E-state index contributed by atoms with van der Waals surface area (Å²) in [6.45, 7) is 1.83. The summed E-state index contributed by atoms with van der Waals surface area (Å²) in [5, 5.41) is 18.0. The number of anilines is 1. The van der Waals surface area contributed by atoms with Gasteiger partial charge in [0.15, 0.2) is 6.04 Å². The van der Waals surface area contributed by atoms with E-state index in [0.717, 1.165) is 5.56 Å². The van der Waals surface area contributed by atoms with Crippen LogP contribution in [0.5, 0.6) is 0 Å². The normalized spacial score (nSPS) is 18.3. The highest BCUT2D eigenvalue weighted by Crippen LogP contribution is 2.25. The van der Waals surface area contributed by atoms with E-state index >= 15 is 0 Å². The SMILES string of the molecule is CC(NC(=O)C1=NN(c2ccccc2)C(C(=O)O)C1)c1ccc(S(C)=O)cc1. The number of carboxylic acids is 1. The van der Waals surface area contributed by atoms with Gasteiger partial charge in [0.1, 0.15) is 5.71 Å². The molecular weight excluding hydrogens is 378 g/mol. The van der Waals surface area contributed by atoms with Gasteiger partial charge in [-0.05, 0) is 36.8 Å². The monoisotopic (exact) mass is 399 g/mol. The number of carbonyl (C=O) groups excluding carboxylic acids is 1. The molecule has 0 spiro atoms. The van der Waals surface area contributed by atoms with Gasteiger partial charge in [-0.15, -0.1) is 0 Å². The molecule has 1 aliphatic rings. The number of hydrogen-bond donors (Lipinski definition) is 2. The molecule has 0 aromatic heterocycles. The standard InChI is InChI=1S/C20H21N3O4S/c1-13(14-8-10-16(11-9-14)28(2)27)21-19(24)17-12-18(20(25)26)23(22-17)15-6-4-3-5-7-15/h3-11,13,18H,12H2,1-2H3,(H,21,24)(H,25,26). The summed E-state index contributed by atoms with van der Waals surface area (Å²) in [6.07, 6.45) is 1.63. The minimum absolute atomic E-state index is 0.0243. The van der Waals surface area contributed by atoms with E-state index in [1.807, 2.05) is 25.1 Å². The highest BCUT2D eigenvalue weighted by molar-refractivity contribution is 7.84. The lowest BCUT2D eigenvalue weighted by atomic mass is 10.1. The molecule has 28 heavy (non-hydrogen) atoms. The van der Waals surface area contributed by atoms with Gasteiger partial charge in [0.2, 0.25) is 0 Å². The molecule has 1 amide bonds. The Hall–Kier alpha value is -3.00. The van der Waals surface area contributed by atoms with Crippen LogP contribution in [0.25, 0.3) is 0 Å². The molecule has 8 heteroatoms. The van der Waals surface area contributed by atoms with Gasteiger partial charge >= 0.3 is 5.97 Å². The van der Waals surface area contributed by atoms with Crippen molar-refractivity contribution in [3.05, 3.63) is 60.2 Å². The number of carbonyl (C=O) groups is 2. The van der Waals surface area contributed by atoms with E-state index in [0.29, 0.717) is 10.6 Å². The Kier molecular flexibility index (Phi) is 5.89. The number of amides is 1. The smallest absolute Gasteiger partial charge is 0.328 e. The van der Waals surface area contributed by atoms with E-state index in [4.69, 9.17) is 0 Å². The zero-order valence-corrected chi connectivity index (χ0v) is 16.3. The molecular formula is C20H21N3O4S. The first-order valence-electron chi connectivity index (χ1n) is 8.75. The summed E-state index contributed by atoms with van der Waals surface area (Å²) < 4.78 is 11.5. The molecule has 146 valence electrons. The van der Waals surface area contributed by atoms with Crippen LogP contribution in [-0.4, -0.2) is 39.2 Å². The van der Waals surface area contributed by atoms with Crippen LogP contribution in [-0.2, 0) is 20.4 Å². The van der Waals surface area contributed by atoms with Crippen molar-refractivity contribution >= 4 is 34.1 Å². The van der Waals surface area contributed by atoms with Crippen LogP contribution in [0, 0.1) is 0 Å². The molecule has 0 saturated carbocycles. The first kappa shape index (κ1) is 19.8. The lowest BCUT2D eigenvalue weighted by Gasteiger charge is -2.19. The van der Waals surface area contributed by atoms with Crippen molar-refractivity contribution in [1.29, 1.82) is 0 Å². The lowest BCUT2D eigenvalue weighted by Crippen LogP contribution is -2.36. The Bertz CT molecular complexity index is 928. The average molecular weight is 399 g/mol. The molecule has 2 aromatic carbocycles. The summed E-state index contributed by atoms with van der Waals surface area (Å²) in [7, 11) is -1.06. The number of hydrogen-bond acceptors (Lipinski definition) is 5. The zero-order chi connectivity index (χ0) is 20.3. The number of rotatable bonds is 6. The van der Waals surface area contributed by atoms with E-state index in [-0.39, 0.29) is 18.2 Å². The van der Waals surface area contributed by atoms with Gasteiger partial charge in [-0.25, -0.2) is 4.79 Å². The molecule has 1 heterocycles. The number of hydrazone groups is 1. The van der Waals surface area contributed by atoms with Crippen LogP contribution >= 0.6 is 0 Å². The summed E-state index contributed by atoms with van der Waals surface area (Å²) in [5.74, 6) is -1.44. The molecule has 0 radical (unpaired) electrons. The van der Waals surface area contributed by atoms with Gasteiger partial charge in [0, 0.05) is 28.4 Å². The van der Waals surface area contributed by atoms with Crippen molar-refractivity contribution in [1.82, 2.24) is 5.32 Å². The van der Waals surface area contributed by atoms with E-state index in [9.17, 15) is 18.9 Å². The van der Waals surface area contributed by atoms with Gasteiger partial charge < -0.3 is 10.4 Å². The first-order valence-corrected chi connectivity index (χ1v) is 10.3. The second-order valence-electron chi connectivity index (χ2n) is 6.50. The second-order valence-corrected chi connectivity index (χ2v) is 7.88. The largest absolute Gasteiger partial charge is 0.480 e. The number of aliphatic carboxylic acids is 1. The van der Waals surface area contributed by atoms with E-state index in [2.05, 4.69) is 10.4 Å². The molecule has 2 aromatic rings. The highest BCUT2D eigenvalue weighted by Gasteiger charge is 2.36. The molecule has 3 unspecified atom stereocenters.